The summed E-state index contributed by atoms with van der Waals surface area (Å²) in [5, 5.41) is 8.98. The molecular weight excluding hydrogens is 182 g/mol. The molecule has 0 radical (unpaired) electrons. The van der Waals surface area contributed by atoms with Crippen molar-refractivity contribution in [2.75, 3.05) is 6.54 Å². The summed E-state index contributed by atoms with van der Waals surface area (Å²) in [6, 6.07) is -0.0148. The predicted molar refractivity (Wildman–Crippen MR) is 51.7 cm³/mol. The van der Waals surface area contributed by atoms with Crippen LogP contribution in [0.1, 0.15) is 29.8 Å². The van der Waals surface area contributed by atoms with Gasteiger partial charge in [0.25, 0.3) is 5.91 Å². The first-order valence-electron chi connectivity index (χ1n) is 4.56. The second-order valence-corrected chi connectivity index (χ2v) is 3.12. The molecule has 1 unspecified atom stereocenters. The summed E-state index contributed by atoms with van der Waals surface area (Å²) in [5.41, 5.74) is 5.64. The van der Waals surface area contributed by atoms with E-state index in [4.69, 9.17) is 5.73 Å². The number of nitrogens with two attached hydrogens (primary N) is 1. The molecule has 0 fully saturated rings. The van der Waals surface area contributed by atoms with Gasteiger partial charge in [0.05, 0.1) is 0 Å². The fraction of sp³-hybridized carbons (Fsp3) is 0.625. The van der Waals surface area contributed by atoms with Gasteiger partial charge in [0.15, 0.2) is 0 Å². The minimum absolute atomic E-state index is 0.0148. The number of H-pyrrole nitrogens is 1. The standard InChI is InChI=1S/C8H15N5O/c1-3-6(9)4-10-8(14)7-11-5(2)12-13-7/h6H,3-4,9H2,1-2H3,(H,10,14)(H,11,12,13). The molecule has 1 rings (SSSR count). The maximum atomic E-state index is 11.4. The van der Waals surface area contributed by atoms with E-state index in [-0.39, 0.29) is 17.8 Å². The largest absolute Gasteiger partial charge is 0.348 e. The van der Waals surface area contributed by atoms with Gasteiger partial charge < -0.3 is 11.1 Å². The van der Waals surface area contributed by atoms with Crippen LogP contribution < -0.4 is 11.1 Å². The number of aromatic nitrogens is 3. The zero-order chi connectivity index (χ0) is 10.6. The SMILES string of the molecule is CCC(N)CNC(=O)c1n[nH]c(C)n1. The molecule has 14 heavy (non-hydrogen) atoms. The Labute approximate surface area is 82.3 Å². The van der Waals surface area contributed by atoms with Crippen molar-refractivity contribution in [3.63, 3.8) is 0 Å². The molecule has 0 spiro atoms. The third-order valence-electron chi connectivity index (χ3n) is 1.85. The fourth-order valence-corrected chi connectivity index (χ4v) is 0.891. The van der Waals surface area contributed by atoms with Crippen molar-refractivity contribution in [2.45, 2.75) is 26.3 Å². The first-order chi connectivity index (χ1) is 6.63. The van der Waals surface area contributed by atoms with Crippen molar-refractivity contribution >= 4 is 5.91 Å². The van der Waals surface area contributed by atoms with E-state index in [1.165, 1.54) is 0 Å². The van der Waals surface area contributed by atoms with Gasteiger partial charge in [0.1, 0.15) is 5.82 Å². The number of carbonyl (C=O) groups is 1. The Kier molecular flexibility index (Phi) is 3.58. The topological polar surface area (TPSA) is 96.7 Å². The van der Waals surface area contributed by atoms with Crippen LogP contribution in [-0.2, 0) is 0 Å². The molecule has 0 saturated heterocycles. The summed E-state index contributed by atoms with van der Waals surface area (Å²) in [6.07, 6.45) is 0.827. The third-order valence-corrected chi connectivity index (χ3v) is 1.85. The van der Waals surface area contributed by atoms with Crippen molar-refractivity contribution in [2.24, 2.45) is 5.73 Å². The summed E-state index contributed by atoms with van der Waals surface area (Å²) < 4.78 is 0. The normalized spacial score (nSPS) is 12.5. The lowest BCUT2D eigenvalue weighted by Gasteiger charge is -2.08. The second-order valence-electron chi connectivity index (χ2n) is 3.12. The van der Waals surface area contributed by atoms with E-state index in [2.05, 4.69) is 20.5 Å². The molecule has 0 saturated carbocycles. The van der Waals surface area contributed by atoms with Crippen LogP contribution in [0.5, 0.6) is 0 Å². The van der Waals surface area contributed by atoms with Crippen LogP contribution in [0, 0.1) is 6.92 Å². The summed E-state index contributed by atoms with van der Waals surface area (Å²) in [5.74, 6) is 0.485. The Hall–Kier alpha value is -1.43. The molecule has 1 aromatic rings. The van der Waals surface area contributed by atoms with E-state index in [1.807, 2.05) is 6.92 Å². The first-order valence-corrected chi connectivity index (χ1v) is 4.56. The van der Waals surface area contributed by atoms with Gasteiger partial charge in [-0.25, -0.2) is 4.98 Å². The molecule has 1 heterocycles. The number of rotatable bonds is 4. The monoisotopic (exact) mass is 197 g/mol. The molecule has 0 aliphatic heterocycles. The van der Waals surface area contributed by atoms with Crippen LogP contribution in [0.15, 0.2) is 0 Å². The van der Waals surface area contributed by atoms with Gasteiger partial charge in [-0.2, -0.15) is 0 Å². The lowest BCUT2D eigenvalue weighted by atomic mass is 10.2. The summed E-state index contributed by atoms with van der Waals surface area (Å²) in [6.45, 7) is 4.15. The lowest BCUT2D eigenvalue weighted by molar-refractivity contribution is 0.0941. The average molecular weight is 197 g/mol. The number of aromatic amines is 1. The molecule has 4 N–H and O–H groups in total. The molecule has 0 aromatic carbocycles. The van der Waals surface area contributed by atoms with E-state index >= 15 is 0 Å². The van der Waals surface area contributed by atoms with Gasteiger partial charge in [0.2, 0.25) is 5.82 Å². The van der Waals surface area contributed by atoms with E-state index < -0.39 is 0 Å². The highest BCUT2D eigenvalue weighted by Gasteiger charge is 2.11. The fourth-order valence-electron chi connectivity index (χ4n) is 0.891. The van der Waals surface area contributed by atoms with Gasteiger partial charge in [-0.1, -0.05) is 6.92 Å². The molecule has 6 heteroatoms. The smallest absolute Gasteiger partial charge is 0.291 e. The zero-order valence-corrected chi connectivity index (χ0v) is 8.37. The number of amides is 1. The van der Waals surface area contributed by atoms with Crippen LogP contribution in [-0.4, -0.2) is 33.7 Å². The molecule has 0 bridgehead atoms. The Morgan fingerprint density at radius 2 is 2.43 bits per heavy atom. The molecule has 0 aliphatic carbocycles. The minimum atomic E-state index is -0.293. The van der Waals surface area contributed by atoms with Crippen LogP contribution in [0.4, 0.5) is 0 Å². The minimum Gasteiger partial charge on any atom is -0.348 e. The van der Waals surface area contributed by atoms with E-state index in [0.29, 0.717) is 12.4 Å². The van der Waals surface area contributed by atoms with Crippen LogP contribution in [0.25, 0.3) is 0 Å². The number of hydrogen-bond acceptors (Lipinski definition) is 4. The highest BCUT2D eigenvalue weighted by molar-refractivity contribution is 5.90. The number of nitrogens with one attached hydrogen (secondary N) is 2. The summed E-state index contributed by atoms with van der Waals surface area (Å²) in [4.78, 5) is 15.3. The van der Waals surface area contributed by atoms with Gasteiger partial charge in [-0.3, -0.25) is 9.89 Å². The predicted octanol–water partition coefficient (Wildman–Crippen LogP) is -0.420. The first kappa shape index (κ1) is 10.6. The molecule has 1 atom stereocenters. The van der Waals surface area contributed by atoms with Gasteiger partial charge in [-0.05, 0) is 13.3 Å². The quantitative estimate of drug-likeness (QED) is 0.610. The van der Waals surface area contributed by atoms with Crippen molar-refractivity contribution in [1.29, 1.82) is 0 Å². The number of aryl methyl sites for hydroxylation is 1. The highest BCUT2D eigenvalue weighted by Crippen LogP contribution is 1.91. The third kappa shape index (κ3) is 2.81. The van der Waals surface area contributed by atoms with Crippen molar-refractivity contribution in [3.05, 3.63) is 11.6 Å². The molecule has 1 amide bonds. The molecule has 0 aliphatic rings. The van der Waals surface area contributed by atoms with E-state index in [0.717, 1.165) is 6.42 Å². The van der Waals surface area contributed by atoms with Gasteiger partial charge in [0, 0.05) is 12.6 Å². The molecular formula is C8H15N5O. The van der Waals surface area contributed by atoms with Crippen LogP contribution >= 0.6 is 0 Å². The summed E-state index contributed by atoms with van der Waals surface area (Å²) >= 11 is 0. The lowest BCUT2D eigenvalue weighted by Crippen LogP contribution is -2.37. The number of carbonyl (C=O) groups excluding carboxylic acids is 1. The van der Waals surface area contributed by atoms with Crippen molar-refractivity contribution < 1.29 is 4.79 Å². The highest BCUT2D eigenvalue weighted by atomic mass is 16.2. The number of nitrogens with zero attached hydrogens (tertiary/aromatic N) is 2. The Morgan fingerprint density at radius 3 is 2.93 bits per heavy atom. The second kappa shape index (κ2) is 4.71. The van der Waals surface area contributed by atoms with Gasteiger partial charge >= 0.3 is 0 Å². The Balaban J connectivity index is 2.43. The summed E-state index contributed by atoms with van der Waals surface area (Å²) in [7, 11) is 0. The van der Waals surface area contributed by atoms with Crippen LogP contribution in [0.3, 0.4) is 0 Å². The zero-order valence-electron chi connectivity index (χ0n) is 8.37. The van der Waals surface area contributed by atoms with Gasteiger partial charge in [-0.15, -0.1) is 5.10 Å². The molecule has 6 nitrogen and oxygen atoms in total. The average Bonchev–Trinajstić information content (AvgIpc) is 2.60. The van der Waals surface area contributed by atoms with Crippen molar-refractivity contribution in [3.8, 4) is 0 Å². The van der Waals surface area contributed by atoms with Crippen LogP contribution in [0.2, 0.25) is 0 Å². The maximum Gasteiger partial charge on any atom is 0.291 e. The molecule has 78 valence electrons. The van der Waals surface area contributed by atoms with E-state index in [9.17, 15) is 4.79 Å². The maximum absolute atomic E-state index is 11.4. The Bertz CT molecular complexity index is 308. The molecule has 1 aromatic heterocycles. The van der Waals surface area contributed by atoms with E-state index in [1.54, 1.807) is 6.92 Å². The Morgan fingerprint density at radius 1 is 1.71 bits per heavy atom. The number of hydrogen-bond donors (Lipinski definition) is 3. The van der Waals surface area contributed by atoms with Crippen molar-refractivity contribution in [1.82, 2.24) is 20.5 Å².